The Morgan fingerprint density at radius 2 is 1.98 bits per heavy atom. The zero-order valence-corrected chi connectivity index (χ0v) is 23.4. The van der Waals surface area contributed by atoms with E-state index in [4.69, 9.17) is 15.7 Å². The maximum absolute atomic E-state index is 13.1. The molecule has 4 heterocycles. The molecule has 2 fully saturated rings. The number of fused-ring (bicyclic) bond motifs is 1. The normalized spacial score (nSPS) is 23.8. The Hall–Kier alpha value is -4.32. The van der Waals surface area contributed by atoms with Crippen molar-refractivity contribution in [3.8, 4) is 0 Å². The molecule has 1 aromatic heterocycles. The summed E-state index contributed by atoms with van der Waals surface area (Å²) in [5.41, 5.74) is 4.01. The van der Waals surface area contributed by atoms with Crippen LogP contribution in [0.5, 0.6) is 0 Å². The summed E-state index contributed by atoms with van der Waals surface area (Å²) in [7, 11) is -1.74. The minimum atomic E-state index is -1.74. The van der Waals surface area contributed by atoms with Gasteiger partial charge in [-0.05, 0) is 39.2 Å². The van der Waals surface area contributed by atoms with E-state index in [1.165, 1.54) is 30.2 Å². The largest absolute Gasteiger partial charge is 0.480 e. The van der Waals surface area contributed by atoms with Crippen LogP contribution in [0.3, 0.4) is 0 Å². The Bertz CT molecular complexity index is 1450. The van der Waals surface area contributed by atoms with Crippen LogP contribution in [0.25, 0.3) is 0 Å². The van der Waals surface area contributed by atoms with E-state index in [-0.39, 0.29) is 42.2 Å². The molecule has 3 aliphatic rings. The Morgan fingerprint density at radius 1 is 1.27 bits per heavy atom. The Morgan fingerprint density at radius 3 is 2.56 bits per heavy atom. The number of rotatable bonds is 9. The van der Waals surface area contributed by atoms with E-state index in [0.29, 0.717) is 4.86 Å². The number of amides is 3. The number of nitrogens with one attached hydrogen (secondary N) is 1. The maximum atomic E-state index is 13.1. The summed E-state index contributed by atoms with van der Waals surface area (Å²) >= 11 is 0.997. The first kappa shape index (κ1) is 29.7. The number of hydrogen-bond donors (Lipinski definition) is 5. The summed E-state index contributed by atoms with van der Waals surface area (Å²) in [5, 5.41) is 34.5. The first-order chi connectivity index (χ1) is 19.2. The third-order valence-corrected chi connectivity index (χ3v) is 9.40. The van der Waals surface area contributed by atoms with Crippen LogP contribution in [-0.4, -0.2) is 106 Å². The van der Waals surface area contributed by atoms with Gasteiger partial charge < -0.3 is 36.1 Å². The number of allylic oxidation sites excluding steroid dienone is 1. The van der Waals surface area contributed by atoms with E-state index >= 15 is 0 Å². The molecule has 220 valence electrons. The van der Waals surface area contributed by atoms with Crippen LogP contribution in [0.2, 0.25) is 0 Å². The number of carboxylic acid groups (broad SMARTS) is 3. The van der Waals surface area contributed by atoms with Gasteiger partial charge in [0.1, 0.15) is 17.3 Å². The molecule has 3 amide bonds. The third kappa shape index (κ3) is 5.64. The summed E-state index contributed by atoms with van der Waals surface area (Å²) in [5.74, 6) is -4.59. The second-order valence-corrected chi connectivity index (χ2v) is 12.4. The second kappa shape index (κ2) is 11.3. The number of hydrogen-bond acceptors (Lipinski definition) is 11. The molecule has 3 aliphatic heterocycles. The number of carboxylic acids is 2. The lowest BCUT2D eigenvalue weighted by Gasteiger charge is -2.50. The predicted octanol–water partition coefficient (Wildman–Crippen LogP) is 0.0762. The molecule has 18 heteroatoms. The summed E-state index contributed by atoms with van der Waals surface area (Å²) in [6.07, 6.45) is 2.15. The SMILES string of the molecule is CC(C)(C(=O)O)N1CCC(=CC2=S(C(=O)O)N3C(=O)C(NC(=O)C(=NOCC(=O)O)c4csc(N)n4)C3CC2)C1=O. The number of aromatic nitrogens is 1. The molecule has 0 bridgehead atoms. The van der Waals surface area contributed by atoms with Gasteiger partial charge in [-0.1, -0.05) is 5.16 Å². The molecule has 4 rings (SSSR count). The summed E-state index contributed by atoms with van der Waals surface area (Å²) in [6, 6.07) is -1.76. The Balaban J connectivity index is 1.55. The average Bonchev–Trinajstić information content (AvgIpc) is 3.49. The van der Waals surface area contributed by atoms with Crippen molar-refractivity contribution >= 4 is 72.7 Å². The number of thiazole rings is 1. The van der Waals surface area contributed by atoms with Crippen molar-refractivity contribution in [1.82, 2.24) is 19.5 Å². The van der Waals surface area contributed by atoms with E-state index < -0.39 is 75.6 Å². The Kier molecular flexibility index (Phi) is 8.16. The van der Waals surface area contributed by atoms with Gasteiger partial charge in [0.25, 0.3) is 17.7 Å². The van der Waals surface area contributed by atoms with Gasteiger partial charge in [-0.2, -0.15) is 0 Å². The first-order valence-corrected chi connectivity index (χ1v) is 14.2. The number of β-lactam (4-membered cyclic amide) rings is 1. The fourth-order valence-electron chi connectivity index (χ4n) is 4.58. The predicted molar refractivity (Wildman–Crippen MR) is 145 cm³/mol. The zero-order chi connectivity index (χ0) is 30.2. The molecule has 1 aromatic rings. The van der Waals surface area contributed by atoms with Crippen LogP contribution in [-0.2, 0) is 28.8 Å². The second-order valence-electron chi connectivity index (χ2n) is 9.66. The number of aliphatic carboxylic acids is 2. The molecule has 0 aromatic carbocycles. The number of carbonyl (C=O) groups excluding carboxylic acids is 3. The smallest absolute Gasteiger partial charge is 0.378 e. The molecular formula is C23H26N6O10S2. The lowest BCUT2D eigenvalue weighted by molar-refractivity contribution is -0.153. The molecule has 2 saturated heterocycles. The number of oxime groups is 1. The topological polar surface area (TPSA) is 242 Å². The van der Waals surface area contributed by atoms with Crippen LogP contribution in [0.15, 0.2) is 22.2 Å². The summed E-state index contributed by atoms with van der Waals surface area (Å²) in [6.45, 7) is 2.13. The molecule has 3 unspecified atom stereocenters. The molecule has 41 heavy (non-hydrogen) atoms. The quantitative estimate of drug-likeness (QED) is 0.0820. The van der Waals surface area contributed by atoms with E-state index in [2.05, 4.69) is 15.5 Å². The van der Waals surface area contributed by atoms with Gasteiger partial charge in [0.05, 0.1) is 6.04 Å². The number of nitrogen functional groups attached to an aromatic ring is 1. The van der Waals surface area contributed by atoms with Gasteiger partial charge in [-0.3, -0.25) is 18.7 Å². The van der Waals surface area contributed by atoms with Gasteiger partial charge in [0.15, 0.2) is 10.8 Å². The van der Waals surface area contributed by atoms with Crippen molar-refractivity contribution < 1.29 is 48.9 Å². The van der Waals surface area contributed by atoms with E-state index in [9.17, 15) is 39.0 Å². The zero-order valence-electron chi connectivity index (χ0n) is 21.7. The van der Waals surface area contributed by atoms with Crippen molar-refractivity contribution in [3.63, 3.8) is 0 Å². The van der Waals surface area contributed by atoms with Gasteiger partial charge in [0.2, 0.25) is 6.61 Å². The summed E-state index contributed by atoms with van der Waals surface area (Å²) in [4.78, 5) is 83.9. The van der Waals surface area contributed by atoms with Crippen molar-refractivity contribution in [2.24, 2.45) is 5.16 Å². The highest BCUT2D eigenvalue weighted by atomic mass is 32.2. The molecular weight excluding hydrogens is 584 g/mol. The van der Waals surface area contributed by atoms with E-state index in [0.717, 1.165) is 15.6 Å². The lowest BCUT2D eigenvalue weighted by atomic mass is 9.92. The highest BCUT2D eigenvalue weighted by molar-refractivity contribution is 8.26. The van der Waals surface area contributed by atoms with Crippen molar-refractivity contribution in [2.45, 2.75) is 50.7 Å². The van der Waals surface area contributed by atoms with Crippen LogP contribution in [0.1, 0.15) is 38.8 Å². The number of likely N-dealkylation sites (tertiary alicyclic amines) is 1. The molecule has 6 N–H and O–H groups in total. The Labute approximate surface area is 238 Å². The monoisotopic (exact) mass is 610 g/mol. The van der Waals surface area contributed by atoms with Crippen molar-refractivity contribution in [3.05, 3.63) is 22.7 Å². The molecule has 0 saturated carbocycles. The number of nitrogens with zero attached hydrogens (tertiary/aromatic N) is 4. The standard InChI is InChI=1S/C23H26N6O10S2/c1-23(2,20(35)36)28-6-5-10(18(28)33)7-11-3-4-13-16(19(34)29(13)41(11)22(37)38)26-17(32)15(27-39-8-14(30)31)12-9-40-21(24)25-12/h7,9,13,16H,3-6,8H2,1-2H3,(H2,24,25)(H,26,32)(H,30,31)(H,35,36)(H,37,38). The van der Waals surface area contributed by atoms with Crippen LogP contribution in [0, 0.1) is 0 Å². The fraction of sp³-hybridized carbons (Fsp3) is 0.435. The van der Waals surface area contributed by atoms with E-state index in [1.807, 2.05) is 0 Å². The average molecular weight is 611 g/mol. The van der Waals surface area contributed by atoms with Gasteiger partial charge in [0, 0.05) is 33.0 Å². The molecule has 3 atom stereocenters. The highest BCUT2D eigenvalue weighted by Gasteiger charge is 2.53. The van der Waals surface area contributed by atoms with Crippen molar-refractivity contribution in [1.29, 1.82) is 0 Å². The number of anilines is 1. The fourth-order valence-corrected chi connectivity index (χ4v) is 7.13. The van der Waals surface area contributed by atoms with E-state index in [1.54, 1.807) is 0 Å². The maximum Gasteiger partial charge on any atom is 0.378 e. The molecule has 0 spiro atoms. The minimum absolute atomic E-state index is 0.00320. The van der Waals surface area contributed by atoms with Gasteiger partial charge in [-0.25, -0.2) is 19.4 Å². The van der Waals surface area contributed by atoms with Crippen LogP contribution in [0.4, 0.5) is 9.93 Å². The molecule has 0 aliphatic carbocycles. The van der Waals surface area contributed by atoms with Crippen LogP contribution >= 0.6 is 22.0 Å². The molecule has 0 radical (unpaired) electrons. The number of nitrogens with two attached hydrogens (primary N) is 1. The van der Waals surface area contributed by atoms with Crippen molar-refractivity contribution in [2.75, 3.05) is 18.9 Å². The third-order valence-electron chi connectivity index (χ3n) is 6.73. The first-order valence-electron chi connectivity index (χ1n) is 12.1. The highest BCUT2D eigenvalue weighted by Crippen LogP contribution is 2.43. The minimum Gasteiger partial charge on any atom is -0.480 e. The van der Waals surface area contributed by atoms with Gasteiger partial charge in [-0.15, -0.1) is 11.3 Å². The van der Waals surface area contributed by atoms with Gasteiger partial charge >= 0.3 is 17.2 Å². The molecule has 16 nitrogen and oxygen atoms in total. The number of carbonyl (C=O) groups is 6. The lowest BCUT2D eigenvalue weighted by Crippen LogP contribution is -2.70. The summed E-state index contributed by atoms with van der Waals surface area (Å²) < 4.78 is 1.15. The van der Waals surface area contributed by atoms with Crippen LogP contribution < -0.4 is 11.1 Å².